The third kappa shape index (κ3) is 5.92. The molecule has 1 saturated heterocycles. The summed E-state index contributed by atoms with van der Waals surface area (Å²) in [6.45, 7) is 7.03. The van der Waals surface area contributed by atoms with Crippen molar-refractivity contribution in [1.82, 2.24) is 9.97 Å². The molecule has 158 valence electrons. The molecule has 0 amide bonds. The number of hydrogen-bond donors (Lipinski definition) is 0. The second-order valence-corrected chi connectivity index (χ2v) is 9.94. The van der Waals surface area contributed by atoms with E-state index in [2.05, 4.69) is 28.7 Å². The van der Waals surface area contributed by atoms with Crippen molar-refractivity contribution >= 4 is 15.8 Å². The largest absolute Gasteiger partial charge is 0.494 e. The maximum atomic E-state index is 11.5. The number of benzene rings is 1. The van der Waals surface area contributed by atoms with Crippen LogP contribution in [-0.2, 0) is 16.3 Å². The second-order valence-electron chi connectivity index (χ2n) is 7.93. The van der Waals surface area contributed by atoms with E-state index < -0.39 is 9.84 Å². The molecule has 29 heavy (non-hydrogen) atoms. The lowest BCUT2D eigenvalue weighted by atomic mass is 9.84. The predicted octanol–water partition coefficient (Wildman–Crippen LogP) is 3.76. The topological polar surface area (TPSA) is 72.4 Å². The molecular weight excluding hydrogens is 386 g/mol. The van der Waals surface area contributed by atoms with Crippen LogP contribution in [0.3, 0.4) is 0 Å². The summed E-state index contributed by atoms with van der Waals surface area (Å²) in [6.07, 6.45) is 9.30. The fraction of sp³-hybridized carbons (Fsp3) is 0.545. The summed E-state index contributed by atoms with van der Waals surface area (Å²) in [5, 5.41) is 0. The molecule has 3 rings (SSSR count). The zero-order valence-corrected chi connectivity index (χ0v) is 18.4. The van der Waals surface area contributed by atoms with Gasteiger partial charge in [0.25, 0.3) is 0 Å². The Morgan fingerprint density at radius 1 is 1.14 bits per heavy atom. The van der Waals surface area contributed by atoms with Crippen LogP contribution in [0.25, 0.3) is 0 Å². The van der Waals surface area contributed by atoms with E-state index in [1.807, 2.05) is 12.4 Å². The van der Waals surface area contributed by atoms with Gasteiger partial charge >= 0.3 is 0 Å². The summed E-state index contributed by atoms with van der Waals surface area (Å²) in [5.74, 6) is 2.81. The Bertz CT molecular complexity index is 875. The van der Waals surface area contributed by atoms with Gasteiger partial charge < -0.3 is 9.64 Å². The highest BCUT2D eigenvalue weighted by atomic mass is 32.2. The first-order valence-corrected chi connectivity index (χ1v) is 12.2. The van der Waals surface area contributed by atoms with E-state index in [1.165, 1.54) is 11.8 Å². The van der Waals surface area contributed by atoms with Crippen LogP contribution in [0.1, 0.15) is 38.7 Å². The molecule has 1 aromatic carbocycles. The number of aryl methyl sites for hydroxylation is 1. The van der Waals surface area contributed by atoms with E-state index >= 15 is 0 Å². The number of piperidine rings is 1. The summed E-state index contributed by atoms with van der Waals surface area (Å²) in [5.41, 5.74) is 1.17. The van der Waals surface area contributed by atoms with E-state index in [0.29, 0.717) is 29.1 Å². The van der Waals surface area contributed by atoms with Crippen molar-refractivity contribution in [3.8, 4) is 5.75 Å². The van der Waals surface area contributed by atoms with Gasteiger partial charge in [0.2, 0.25) is 5.95 Å². The lowest BCUT2D eigenvalue weighted by Crippen LogP contribution is -2.37. The monoisotopic (exact) mass is 417 g/mol. The van der Waals surface area contributed by atoms with Crippen molar-refractivity contribution in [2.24, 2.45) is 11.8 Å². The van der Waals surface area contributed by atoms with Crippen molar-refractivity contribution in [3.05, 3.63) is 42.2 Å². The molecule has 1 atom stereocenters. The number of nitrogens with zero attached hydrogens (tertiary/aromatic N) is 3. The average Bonchev–Trinajstić information content (AvgIpc) is 2.73. The summed E-state index contributed by atoms with van der Waals surface area (Å²) >= 11 is 0. The van der Waals surface area contributed by atoms with Crippen LogP contribution in [0.2, 0.25) is 0 Å². The van der Waals surface area contributed by atoms with Gasteiger partial charge in [0.05, 0.1) is 11.5 Å². The first-order chi connectivity index (χ1) is 13.9. The zero-order valence-electron chi connectivity index (χ0n) is 17.5. The summed E-state index contributed by atoms with van der Waals surface area (Å²) in [7, 11) is -3.16. The molecule has 1 fully saturated rings. The molecule has 2 aromatic rings. The summed E-state index contributed by atoms with van der Waals surface area (Å²) in [4.78, 5) is 11.6. The molecule has 0 spiro atoms. The molecule has 0 saturated carbocycles. The first-order valence-electron chi connectivity index (χ1n) is 10.4. The van der Waals surface area contributed by atoms with Crippen LogP contribution in [0.15, 0.2) is 41.6 Å². The highest BCUT2D eigenvalue weighted by Crippen LogP contribution is 2.28. The van der Waals surface area contributed by atoms with Crippen molar-refractivity contribution < 1.29 is 13.2 Å². The lowest BCUT2D eigenvalue weighted by molar-refractivity contribution is 0.222. The van der Waals surface area contributed by atoms with Gasteiger partial charge in [-0.25, -0.2) is 18.4 Å². The maximum absolute atomic E-state index is 11.5. The molecule has 6 nitrogen and oxygen atoms in total. The van der Waals surface area contributed by atoms with E-state index in [1.54, 1.807) is 24.3 Å². The maximum Gasteiger partial charge on any atom is 0.225 e. The van der Waals surface area contributed by atoms with Gasteiger partial charge in [-0.1, -0.05) is 13.8 Å². The fourth-order valence-electron chi connectivity index (χ4n) is 3.74. The van der Waals surface area contributed by atoms with Crippen LogP contribution in [-0.4, -0.2) is 44.3 Å². The van der Waals surface area contributed by atoms with Gasteiger partial charge in [-0.2, -0.15) is 0 Å². The Balaban J connectivity index is 1.42. The van der Waals surface area contributed by atoms with E-state index in [-0.39, 0.29) is 0 Å². The van der Waals surface area contributed by atoms with Crippen molar-refractivity contribution in [3.63, 3.8) is 0 Å². The predicted molar refractivity (Wildman–Crippen MR) is 115 cm³/mol. The Labute approximate surface area is 174 Å². The van der Waals surface area contributed by atoms with Crippen LogP contribution < -0.4 is 9.64 Å². The highest BCUT2D eigenvalue weighted by molar-refractivity contribution is 7.90. The number of rotatable bonds is 8. The lowest BCUT2D eigenvalue weighted by Gasteiger charge is -2.35. The van der Waals surface area contributed by atoms with Crippen molar-refractivity contribution in [1.29, 1.82) is 0 Å². The minimum atomic E-state index is -3.16. The quantitative estimate of drug-likeness (QED) is 0.651. The molecule has 1 aliphatic rings. The number of anilines is 1. The molecule has 7 heteroatoms. The first kappa shape index (κ1) is 21.6. The highest BCUT2D eigenvalue weighted by Gasteiger charge is 2.25. The zero-order chi connectivity index (χ0) is 20.9. The molecule has 0 aliphatic carbocycles. The average molecular weight is 418 g/mol. The van der Waals surface area contributed by atoms with Crippen LogP contribution in [0.5, 0.6) is 5.75 Å². The minimum Gasteiger partial charge on any atom is -0.494 e. The normalized spacial score (nSPS) is 16.6. The van der Waals surface area contributed by atoms with Crippen molar-refractivity contribution in [2.45, 2.75) is 44.4 Å². The van der Waals surface area contributed by atoms with Gasteiger partial charge in [-0.3, -0.25) is 0 Å². The summed E-state index contributed by atoms with van der Waals surface area (Å²) in [6, 6.07) is 6.64. The van der Waals surface area contributed by atoms with Gasteiger partial charge in [0.15, 0.2) is 9.84 Å². The Morgan fingerprint density at radius 2 is 1.76 bits per heavy atom. The SMILES string of the molecule is CCc1cnc(N2CCC(C(C)CCOc3ccc(S(C)(=O)=O)cc3)CC2)nc1. The molecule has 1 unspecified atom stereocenters. The number of aromatic nitrogens is 2. The third-order valence-corrected chi connectivity index (χ3v) is 6.95. The number of sulfone groups is 1. The van der Waals surface area contributed by atoms with Crippen LogP contribution in [0, 0.1) is 11.8 Å². The number of hydrogen-bond acceptors (Lipinski definition) is 6. The molecule has 0 radical (unpaired) electrons. The van der Waals surface area contributed by atoms with Gasteiger partial charge in [0, 0.05) is 31.7 Å². The Hall–Kier alpha value is -2.15. The fourth-order valence-corrected chi connectivity index (χ4v) is 4.37. The minimum absolute atomic E-state index is 0.318. The Kier molecular flexibility index (Phi) is 7.11. The smallest absolute Gasteiger partial charge is 0.225 e. The molecule has 0 N–H and O–H groups in total. The second kappa shape index (κ2) is 9.57. The van der Waals surface area contributed by atoms with Crippen molar-refractivity contribution in [2.75, 3.05) is 30.9 Å². The molecule has 2 heterocycles. The van der Waals surface area contributed by atoms with Gasteiger partial charge in [-0.05, 0) is 67.3 Å². The molecule has 1 aliphatic heterocycles. The molecular formula is C22H31N3O3S. The Morgan fingerprint density at radius 3 is 2.31 bits per heavy atom. The van der Waals surface area contributed by atoms with E-state index in [9.17, 15) is 8.42 Å². The van der Waals surface area contributed by atoms with Crippen LogP contribution >= 0.6 is 0 Å². The third-order valence-electron chi connectivity index (χ3n) is 5.82. The van der Waals surface area contributed by atoms with E-state index in [4.69, 9.17) is 4.74 Å². The van der Waals surface area contributed by atoms with Gasteiger partial charge in [-0.15, -0.1) is 0 Å². The van der Waals surface area contributed by atoms with Gasteiger partial charge in [0.1, 0.15) is 5.75 Å². The molecule has 0 bridgehead atoms. The molecule has 1 aromatic heterocycles. The standard InChI is InChI=1S/C22H31N3O3S/c1-4-18-15-23-22(24-16-18)25-12-9-19(10-13-25)17(2)11-14-28-20-5-7-21(8-6-20)29(3,26)27/h5-8,15-17,19H,4,9-14H2,1-3H3. The van der Waals surface area contributed by atoms with Crippen LogP contribution in [0.4, 0.5) is 5.95 Å². The number of ether oxygens (including phenoxy) is 1. The van der Waals surface area contributed by atoms with E-state index in [0.717, 1.165) is 44.7 Å². The summed E-state index contributed by atoms with van der Waals surface area (Å²) < 4.78 is 28.8.